The number of Topliss-reactive ketones (excluding diaryl/α,β-unsaturated/α-hetero) is 1. The number of anilines is 1. The Morgan fingerprint density at radius 1 is 1.03 bits per heavy atom. The van der Waals surface area contributed by atoms with Gasteiger partial charge < -0.3 is 14.2 Å². The van der Waals surface area contributed by atoms with Gasteiger partial charge in [0.25, 0.3) is 0 Å². The van der Waals surface area contributed by atoms with Crippen molar-refractivity contribution in [1.82, 2.24) is 19.2 Å². The quantitative estimate of drug-likeness (QED) is 0.434. The Kier molecular flexibility index (Phi) is 6.20. The van der Waals surface area contributed by atoms with Crippen LogP contribution in [0.1, 0.15) is 17.3 Å². The molecule has 0 aliphatic carbocycles. The van der Waals surface area contributed by atoms with E-state index in [-0.39, 0.29) is 5.78 Å². The maximum atomic E-state index is 11.5. The Morgan fingerprint density at radius 3 is 2.26 bits per heavy atom. The monoisotopic (exact) mass is 437 g/mol. The largest absolute Gasteiger partial charge is 0.497 e. The van der Waals surface area contributed by atoms with E-state index in [1.54, 1.807) is 14.0 Å². The summed E-state index contributed by atoms with van der Waals surface area (Å²) >= 11 is 5.64. The lowest BCUT2D eigenvalue weighted by atomic mass is 10.1. The molecule has 4 rings (SSSR count). The first-order valence-corrected chi connectivity index (χ1v) is 10.7. The van der Waals surface area contributed by atoms with Crippen LogP contribution in [-0.4, -0.2) is 58.3 Å². The van der Waals surface area contributed by atoms with Crippen LogP contribution in [0.4, 0.5) is 5.69 Å². The Labute approximate surface area is 187 Å². The van der Waals surface area contributed by atoms with Gasteiger partial charge in [-0.15, -0.1) is 0 Å². The molecule has 1 aromatic heterocycles. The average Bonchev–Trinajstić information content (AvgIpc) is 3.08. The number of carbonyl (C=O) groups excluding carboxylic acids is 1. The highest BCUT2D eigenvalue weighted by Gasteiger charge is 2.19. The molecule has 3 aromatic rings. The first kappa shape index (κ1) is 21.3. The molecule has 0 amide bonds. The first-order chi connectivity index (χ1) is 15.0. The van der Waals surface area contributed by atoms with Crippen LogP contribution in [0.2, 0.25) is 0 Å². The smallest absolute Gasteiger partial charge is 0.199 e. The van der Waals surface area contributed by atoms with E-state index in [0.29, 0.717) is 11.4 Å². The third-order valence-corrected chi connectivity index (χ3v) is 6.22. The van der Waals surface area contributed by atoms with Crippen molar-refractivity contribution in [2.75, 3.05) is 38.2 Å². The minimum Gasteiger partial charge on any atom is -0.497 e. The Balaban J connectivity index is 1.41. The number of ether oxygens (including phenoxy) is 1. The molecule has 0 atom stereocenters. The molecule has 0 radical (unpaired) electrons. The van der Waals surface area contributed by atoms with E-state index in [1.165, 1.54) is 0 Å². The Morgan fingerprint density at radius 2 is 1.68 bits per heavy atom. The summed E-state index contributed by atoms with van der Waals surface area (Å²) in [6, 6.07) is 15.7. The van der Waals surface area contributed by atoms with Gasteiger partial charge in [0.15, 0.2) is 16.4 Å². The molecule has 7 nitrogen and oxygen atoms in total. The molecule has 1 aliphatic heterocycles. The van der Waals surface area contributed by atoms with Crippen molar-refractivity contribution in [3.63, 3.8) is 0 Å². The molecule has 162 valence electrons. The van der Waals surface area contributed by atoms with Crippen LogP contribution in [0.5, 0.6) is 5.75 Å². The highest BCUT2D eigenvalue weighted by Crippen LogP contribution is 2.22. The number of methoxy groups -OCH3 is 1. The van der Waals surface area contributed by atoms with Gasteiger partial charge in [-0.1, -0.05) is 0 Å². The second-order valence-electron chi connectivity index (χ2n) is 7.74. The standard InChI is InChI=1S/C23H27N5O2S/c1-17(29)18-4-8-20(9-5-18)27-14-12-26(13-15-27)16-28-23(31)25(2)22(24-28)19-6-10-21(30-3)11-7-19/h4-11H,12-16H2,1-3H3. The van der Waals surface area contributed by atoms with E-state index in [4.69, 9.17) is 22.1 Å². The molecule has 0 N–H and O–H groups in total. The van der Waals surface area contributed by atoms with Crippen molar-refractivity contribution in [3.05, 3.63) is 58.9 Å². The van der Waals surface area contributed by atoms with E-state index in [0.717, 1.165) is 54.6 Å². The van der Waals surface area contributed by atoms with E-state index in [2.05, 4.69) is 9.80 Å². The van der Waals surface area contributed by atoms with Gasteiger partial charge in [0.05, 0.1) is 13.8 Å². The van der Waals surface area contributed by atoms with Crippen molar-refractivity contribution in [3.8, 4) is 17.1 Å². The zero-order chi connectivity index (χ0) is 22.0. The molecule has 0 spiro atoms. The molecular formula is C23H27N5O2S. The van der Waals surface area contributed by atoms with Crippen LogP contribution in [-0.2, 0) is 13.7 Å². The number of hydrogen-bond acceptors (Lipinski definition) is 6. The van der Waals surface area contributed by atoms with E-state index < -0.39 is 0 Å². The zero-order valence-electron chi connectivity index (χ0n) is 18.1. The molecule has 2 heterocycles. The van der Waals surface area contributed by atoms with Gasteiger partial charge in [0.2, 0.25) is 0 Å². The minimum atomic E-state index is 0.0949. The fourth-order valence-corrected chi connectivity index (χ4v) is 4.00. The third kappa shape index (κ3) is 4.55. The summed E-state index contributed by atoms with van der Waals surface area (Å²) in [5, 5.41) is 4.78. The second kappa shape index (κ2) is 9.03. The number of ketones is 1. The number of rotatable bonds is 6. The average molecular weight is 438 g/mol. The van der Waals surface area contributed by atoms with E-state index in [1.807, 2.05) is 64.8 Å². The maximum absolute atomic E-state index is 11.5. The van der Waals surface area contributed by atoms with Crippen molar-refractivity contribution in [2.45, 2.75) is 13.6 Å². The summed E-state index contributed by atoms with van der Waals surface area (Å²) in [4.78, 5) is 16.2. The van der Waals surface area contributed by atoms with Gasteiger partial charge in [-0.3, -0.25) is 9.69 Å². The highest BCUT2D eigenvalue weighted by molar-refractivity contribution is 7.71. The van der Waals surface area contributed by atoms with Crippen molar-refractivity contribution in [2.24, 2.45) is 7.05 Å². The molecule has 31 heavy (non-hydrogen) atoms. The van der Waals surface area contributed by atoms with E-state index in [9.17, 15) is 4.79 Å². The van der Waals surface area contributed by atoms with Crippen LogP contribution < -0.4 is 9.64 Å². The molecule has 0 saturated carbocycles. The zero-order valence-corrected chi connectivity index (χ0v) is 18.9. The minimum absolute atomic E-state index is 0.0949. The molecule has 2 aromatic carbocycles. The summed E-state index contributed by atoms with van der Waals surface area (Å²) in [5.74, 6) is 1.76. The fraction of sp³-hybridized carbons (Fsp3) is 0.348. The van der Waals surface area contributed by atoms with Gasteiger partial charge in [-0.25, -0.2) is 4.68 Å². The van der Waals surface area contributed by atoms with Gasteiger partial charge in [0.1, 0.15) is 5.75 Å². The highest BCUT2D eigenvalue weighted by atomic mass is 32.1. The number of benzene rings is 2. The Bertz CT molecular complexity index is 1110. The van der Waals surface area contributed by atoms with E-state index >= 15 is 0 Å². The van der Waals surface area contributed by atoms with Gasteiger partial charge in [0, 0.05) is 50.0 Å². The first-order valence-electron chi connectivity index (χ1n) is 10.3. The second-order valence-corrected chi connectivity index (χ2v) is 8.11. The molecule has 0 unspecified atom stereocenters. The molecular weight excluding hydrogens is 410 g/mol. The van der Waals surface area contributed by atoms with Gasteiger partial charge >= 0.3 is 0 Å². The summed E-state index contributed by atoms with van der Waals surface area (Å²) in [5.41, 5.74) is 2.91. The van der Waals surface area contributed by atoms with Crippen molar-refractivity contribution < 1.29 is 9.53 Å². The topological polar surface area (TPSA) is 55.5 Å². The number of aromatic nitrogens is 3. The number of piperazine rings is 1. The Hall–Kier alpha value is -2.97. The SMILES string of the molecule is COc1ccc(-c2nn(CN3CCN(c4ccc(C(C)=O)cc4)CC3)c(=S)n2C)cc1. The molecule has 1 saturated heterocycles. The summed E-state index contributed by atoms with van der Waals surface area (Å²) in [6.45, 7) is 5.95. The lowest BCUT2D eigenvalue weighted by Gasteiger charge is -2.35. The predicted octanol–water partition coefficient (Wildman–Crippen LogP) is 3.61. The summed E-state index contributed by atoms with van der Waals surface area (Å²) in [7, 11) is 3.61. The lowest BCUT2D eigenvalue weighted by Crippen LogP contribution is -2.47. The lowest BCUT2D eigenvalue weighted by molar-refractivity contribution is 0.101. The number of hydrogen-bond donors (Lipinski definition) is 0. The predicted molar refractivity (Wildman–Crippen MR) is 124 cm³/mol. The number of nitrogens with zero attached hydrogens (tertiary/aromatic N) is 5. The van der Waals surface area contributed by atoms with Crippen LogP contribution in [0, 0.1) is 4.77 Å². The third-order valence-electron chi connectivity index (χ3n) is 5.73. The molecule has 1 aliphatic rings. The molecule has 8 heteroatoms. The van der Waals surface area contributed by atoms with Crippen LogP contribution in [0.25, 0.3) is 11.4 Å². The summed E-state index contributed by atoms with van der Waals surface area (Å²) in [6.07, 6.45) is 0. The molecule has 0 bridgehead atoms. The van der Waals surface area contributed by atoms with Crippen molar-refractivity contribution >= 4 is 23.7 Å². The normalized spacial score (nSPS) is 14.6. The molecule has 1 fully saturated rings. The van der Waals surface area contributed by atoms with Crippen LogP contribution >= 0.6 is 12.2 Å². The maximum Gasteiger partial charge on any atom is 0.199 e. The van der Waals surface area contributed by atoms with Crippen LogP contribution in [0.3, 0.4) is 0 Å². The van der Waals surface area contributed by atoms with Crippen molar-refractivity contribution in [1.29, 1.82) is 0 Å². The fourth-order valence-electron chi connectivity index (χ4n) is 3.82. The summed E-state index contributed by atoms with van der Waals surface area (Å²) < 4.78 is 9.79. The number of carbonyl (C=O) groups is 1. The van der Waals surface area contributed by atoms with Gasteiger partial charge in [-0.2, -0.15) is 5.10 Å². The van der Waals surface area contributed by atoms with Crippen LogP contribution in [0.15, 0.2) is 48.5 Å². The van der Waals surface area contributed by atoms with Gasteiger partial charge in [-0.05, 0) is 67.7 Å².